The van der Waals surface area contributed by atoms with E-state index in [1.807, 2.05) is 6.92 Å². The maximum Gasteiger partial charge on any atom is 0.292 e. The molecule has 3 aromatic rings. The van der Waals surface area contributed by atoms with Crippen LogP contribution in [-0.4, -0.2) is 20.7 Å². The van der Waals surface area contributed by atoms with Crippen molar-refractivity contribution >= 4 is 23.0 Å². The molecule has 0 aliphatic heterocycles. The van der Waals surface area contributed by atoms with E-state index in [1.165, 1.54) is 36.5 Å². The van der Waals surface area contributed by atoms with Gasteiger partial charge in [0.1, 0.15) is 10.8 Å². The average molecular weight is 403 g/mol. The Morgan fingerprint density at radius 2 is 1.93 bits per heavy atom. The van der Waals surface area contributed by atoms with Crippen LogP contribution < -0.4 is 10.9 Å². The third-order valence-electron chi connectivity index (χ3n) is 4.11. The van der Waals surface area contributed by atoms with Crippen LogP contribution in [0.1, 0.15) is 12.5 Å². The van der Waals surface area contributed by atoms with Crippen molar-refractivity contribution in [1.29, 1.82) is 0 Å². The number of nitro groups is 1. The Labute approximate surface area is 164 Å². The van der Waals surface area contributed by atoms with Crippen LogP contribution >= 0.6 is 11.6 Å². The number of nitrogens with zero attached hydrogens (tertiary/aromatic N) is 3. The highest BCUT2D eigenvalue weighted by Crippen LogP contribution is 2.20. The van der Waals surface area contributed by atoms with Gasteiger partial charge < -0.3 is 5.32 Å². The van der Waals surface area contributed by atoms with Crippen molar-refractivity contribution in [2.45, 2.75) is 19.4 Å². The van der Waals surface area contributed by atoms with E-state index in [4.69, 9.17) is 11.6 Å². The van der Waals surface area contributed by atoms with Gasteiger partial charge in [-0.3, -0.25) is 14.9 Å². The summed E-state index contributed by atoms with van der Waals surface area (Å²) < 4.78 is 14.8. The molecule has 0 amide bonds. The van der Waals surface area contributed by atoms with Crippen LogP contribution in [0.2, 0.25) is 5.02 Å². The van der Waals surface area contributed by atoms with Crippen molar-refractivity contribution in [3.63, 3.8) is 0 Å². The minimum atomic E-state index is -0.571. The molecule has 7 nitrogen and oxygen atoms in total. The largest absolute Gasteiger partial charge is 0.380 e. The minimum Gasteiger partial charge on any atom is -0.380 e. The minimum absolute atomic E-state index is 0.0752. The van der Waals surface area contributed by atoms with Gasteiger partial charge in [0.15, 0.2) is 0 Å². The van der Waals surface area contributed by atoms with Crippen LogP contribution in [-0.2, 0) is 6.42 Å². The van der Waals surface area contributed by atoms with E-state index in [1.54, 1.807) is 18.2 Å². The Bertz CT molecular complexity index is 1070. The van der Waals surface area contributed by atoms with E-state index in [0.717, 1.165) is 4.68 Å². The Hall–Kier alpha value is -3.26. The summed E-state index contributed by atoms with van der Waals surface area (Å²) in [5.41, 5.74) is 0.560. The molecule has 0 saturated heterocycles. The second-order valence-corrected chi connectivity index (χ2v) is 6.58. The van der Waals surface area contributed by atoms with Gasteiger partial charge in [0.05, 0.1) is 22.5 Å². The molecule has 1 N–H and O–H groups in total. The molecule has 28 heavy (non-hydrogen) atoms. The highest BCUT2D eigenvalue weighted by atomic mass is 35.5. The van der Waals surface area contributed by atoms with Crippen LogP contribution in [0, 0.1) is 15.9 Å². The third-order valence-corrected chi connectivity index (χ3v) is 4.48. The number of hydrogen-bond acceptors (Lipinski definition) is 5. The maximum absolute atomic E-state index is 13.8. The van der Waals surface area contributed by atoms with Gasteiger partial charge in [-0.05, 0) is 37.1 Å². The molecule has 0 radical (unpaired) electrons. The summed E-state index contributed by atoms with van der Waals surface area (Å²) in [5.74, 6) is -0.297. The Balaban J connectivity index is 1.81. The van der Waals surface area contributed by atoms with Crippen molar-refractivity contribution in [2.75, 3.05) is 5.32 Å². The average Bonchev–Trinajstić information content (AvgIpc) is 2.67. The van der Waals surface area contributed by atoms with Crippen LogP contribution in [0.3, 0.4) is 0 Å². The van der Waals surface area contributed by atoms with Gasteiger partial charge in [-0.25, -0.2) is 4.39 Å². The summed E-state index contributed by atoms with van der Waals surface area (Å²) in [6, 6.07) is 11.6. The number of non-ortho nitro benzene ring substituents is 1. The van der Waals surface area contributed by atoms with E-state index >= 15 is 0 Å². The predicted molar refractivity (Wildman–Crippen MR) is 105 cm³/mol. The Morgan fingerprint density at radius 1 is 1.25 bits per heavy atom. The molecule has 0 saturated carbocycles. The molecule has 0 fully saturated rings. The number of rotatable bonds is 6. The van der Waals surface area contributed by atoms with Gasteiger partial charge in [0, 0.05) is 18.2 Å². The zero-order valence-electron chi connectivity index (χ0n) is 14.8. The first-order chi connectivity index (χ1) is 13.4. The summed E-state index contributed by atoms with van der Waals surface area (Å²) >= 11 is 6.19. The summed E-state index contributed by atoms with van der Waals surface area (Å²) in [5, 5.41) is 17.8. The van der Waals surface area contributed by atoms with E-state index < -0.39 is 10.5 Å². The number of nitro benzene ring substituents is 1. The van der Waals surface area contributed by atoms with Gasteiger partial charge in [0.2, 0.25) is 0 Å². The summed E-state index contributed by atoms with van der Waals surface area (Å²) in [6.45, 7) is 1.84. The smallest absolute Gasteiger partial charge is 0.292 e. The molecule has 0 bridgehead atoms. The fourth-order valence-corrected chi connectivity index (χ4v) is 2.93. The Kier molecular flexibility index (Phi) is 5.70. The predicted octanol–water partition coefficient (Wildman–Crippen LogP) is 3.98. The van der Waals surface area contributed by atoms with Gasteiger partial charge >= 0.3 is 0 Å². The molecule has 1 atom stereocenters. The monoisotopic (exact) mass is 402 g/mol. The van der Waals surface area contributed by atoms with E-state index in [-0.39, 0.29) is 22.6 Å². The maximum atomic E-state index is 13.8. The molecule has 2 aromatic carbocycles. The number of aromatic nitrogens is 2. The van der Waals surface area contributed by atoms with E-state index in [0.29, 0.717) is 23.4 Å². The lowest BCUT2D eigenvalue weighted by Gasteiger charge is -2.17. The lowest BCUT2D eigenvalue weighted by atomic mass is 10.1. The second-order valence-electron chi connectivity index (χ2n) is 6.20. The molecule has 144 valence electrons. The highest BCUT2D eigenvalue weighted by molar-refractivity contribution is 6.32. The number of hydrogen-bond donors (Lipinski definition) is 1. The van der Waals surface area contributed by atoms with Gasteiger partial charge in [-0.1, -0.05) is 29.8 Å². The van der Waals surface area contributed by atoms with Crippen molar-refractivity contribution in [1.82, 2.24) is 9.78 Å². The fourth-order valence-electron chi connectivity index (χ4n) is 2.74. The summed E-state index contributed by atoms with van der Waals surface area (Å²) in [7, 11) is 0. The van der Waals surface area contributed by atoms with Gasteiger partial charge in [-0.2, -0.15) is 9.78 Å². The third kappa shape index (κ3) is 4.17. The molecule has 1 aromatic heterocycles. The van der Waals surface area contributed by atoms with Crippen molar-refractivity contribution in [2.24, 2.45) is 0 Å². The lowest BCUT2D eigenvalue weighted by Crippen LogP contribution is -2.25. The quantitative estimate of drug-likeness (QED) is 0.497. The molecular weight excluding hydrogens is 387 g/mol. The SMILES string of the molecule is CC(Cc1ccccc1F)Nc1cnn(-c2ccc([N+](=O)[O-])cc2)c(=O)c1Cl. The molecule has 1 unspecified atom stereocenters. The van der Waals surface area contributed by atoms with E-state index in [9.17, 15) is 19.3 Å². The topological polar surface area (TPSA) is 90.1 Å². The first kappa shape index (κ1) is 19.5. The zero-order valence-corrected chi connectivity index (χ0v) is 15.6. The number of nitrogens with one attached hydrogen (secondary N) is 1. The van der Waals surface area contributed by atoms with Crippen molar-refractivity contribution < 1.29 is 9.31 Å². The molecule has 0 spiro atoms. The zero-order chi connectivity index (χ0) is 20.3. The van der Waals surface area contributed by atoms with Gasteiger partial charge in [0.25, 0.3) is 11.2 Å². The van der Waals surface area contributed by atoms with Gasteiger partial charge in [-0.15, -0.1) is 0 Å². The molecule has 3 rings (SSSR count). The number of anilines is 1. The normalized spacial score (nSPS) is 11.8. The van der Waals surface area contributed by atoms with Crippen LogP contribution in [0.25, 0.3) is 5.69 Å². The number of benzene rings is 2. The summed E-state index contributed by atoms with van der Waals surface area (Å²) in [6.07, 6.45) is 1.79. The standard InChI is InChI=1S/C19H16ClFN4O3/c1-12(10-13-4-2-3-5-16(13)21)23-17-11-22-24(19(26)18(17)20)14-6-8-15(9-7-14)25(27)28/h2-9,11-12,23H,10H2,1H3. The van der Waals surface area contributed by atoms with Crippen molar-refractivity contribution in [3.8, 4) is 5.69 Å². The summed E-state index contributed by atoms with van der Waals surface area (Å²) in [4.78, 5) is 22.7. The number of halogens is 2. The van der Waals surface area contributed by atoms with Crippen LogP contribution in [0.4, 0.5) is 15.8 Å². The van der Waals surface area contributed by atoms with E-state index in [2.05, 4.69) is 10.4 Å². The first-order valence-electron chi connectivity index (χ1n) is 8.39. The molecule has 1 heterocycles. The van der Waals surface area contributed by atoms with Crippen LogP contribution in [0.15, 0.2) is 59.5 Å². The van der Waals surface area contributed by atoms with Crippen molar-refractivity contribution in [3.05, 3.63) is 91.6 Å². The second kappa shape index (κ2) is 8.18. The fraction of sp³-hybridized carbons (Fsp3) is 0.158. The Morgan fingerprint density at radius 3 is 2.57 bits per heavy atom. The molecule has 0 aliphatic carbocycles. The molecular formula is C19H16ClFN4O3. The van der Waals surface area contributed by atoms with Crippen LogP contribution in [0.5, 0.6) is 0 Å². The molecule has 9 heteroatoms. The molecule has 0 aliphatic rings. The lowest BCUT2D eigenvalue weighted by molar-refractivity contribution is -0.384. The highest BCUT2D eigenvalue weighted by Gasteiger charge is 2.15. The first-order valence-corrected chi connectivity index (χ1v) is 8.77.